The molecule has 3 heterocycles. The number of pyridine rings is 1. The molecule has 60 heavy (non-hydrogen) atoms. The quantitative estimate of drug-likeness (QED) is 0.161. The molecular formula is C55H54N4O. The molecule has 5 nitrogen and oxygen atoms in total. The first-order chi connectivity index (χ1) is 29.0. The van der Waals surface area contributed by atoms with E-state index in [1.807, 2.05) is 6.20 Å². The molecule has 0 radical (unpaired) electrons. The van der Waals surface area contributed by atoms with Gasteiger partial charge in [0.05, 0.1) is 22.4 Å². The summed E-state index contributed by atoms with van der Waals surface area (Å²) in [5.74, 6) is 3.09. The molecule has 0 atom stereocenters. The number of aromatic nitrogens is 2. The zero-order valence-electron chi connectivity index (χ0n) is 35.7. The van der Waals surface area contributed by atoms with Crippen molar-refractivity contribution in [2.75, 3.05) is 16.5 Å². The van der Waals surface area contributed by atoms with Crippen molar-refractivity contribution in [1.82, 2.24) is 9.55 Å². The Morgan fingerprint density at radius 2 is 1.33 bits per heavy atom. The first kappa shape index (κ1) is 37.9. The lowest BCUT2D eigenvalue weighted by Crippen LogP contribution is -2.23. The number of hydrogen-bond donors (Lipinski definition) is 0. The summed E-state index contributed by atoms with van der Waals surface area (Å²) in [6, 6.07) is 52.7. The molecule has 10 rings (SSSR count). The first-order valence-corrected chi connectivity index (χ1v) is 21.6. The van der Waals surface area contributed by atoms with Crippen LogP contribution >= 0.6 is 0 Å². The lowest BCUT2D eigenvalue weighted by atomic mass is 9.71. The summed E-state index contributed by atoms with van der Waals surface area (Å²) in [5, 5.41) is 2.41. The van der Waals surface area contributed by atoms with Crippen LogP contribution in [0.15, 0.2) is 152 Å². The highest BCUT2D eigenvalue weighted by Gasteiger charge is 2.30. The monoisotopic (exact) mass is 786 g/mol. The molecular weight excluding hydrogens is 733 g/mol. The molecule has 2 aromatic heterocycles. The number of benzene rings is 6. The third kappa shape index (κ3) is 6.90. The van der Waals surface area contributed by atoms with Crippen molar-refractivity contribution in [1.29, 1.82) is 0 Å². The highest BCUT2D eigenvalue weighted by atomic mass is 16.5. The second kappa shape index (κ2) is 14.7. The summed E-state index contributed by atoms with van der Waals surface area (Å²) in [6.07, 6.45) is 7.01. The summed E-state index contributed by atoms with van der Waals surface area (Å²) in [5.41, 5.74) is 13.6. The predicted molar refractivity (Wildman–Crippen MR) is 251 cm³/mol. The van der Waals surface area contributed by atoms with Crippen LogP contribution in [0.2, 0.25) is 0 Å². The van der Waals surface area contributed by atoms with Crippen LogP contribution in [-0.4, -0.2) is 16.2 Å². The van der Waals surface area contributed by atoms with Crippen LogP contribution in [-0.2, 0) is 5.41 Å². The summed E-state index contributed by atoms with van der Waals surface area (Å²) < 4.78 is 9.35. The van der Waals surface area contributed by atoms with Crippen LogP contribution in [0.4, 0.5) is 22.7 Å². The van der Waals surface area contributed by atoms with Gasteiger partial charge < -0.3 is 14.5 Å². The molecule has 0 unspecified atom stereocenters. The van der Waals surface area contributed by atoms with Gasteiger partial charge >= 0.3 is 0 Å². The minimum absolute atomic E-state index is 0.0260. The fourth-order valence-corrected chi connectivity index (χ4v) is 9.69. The summed E-state index contributed by atoms with van der Waals surface area (Å²) >= 11 is 0. The summed E-state index contributed by atoms with van der Waals surface area (Å²) in [4.78, 5) is 9.75. The van der Waals surface area contributed by atoms with Crippen molar-refractivity contribution >= 4 is 44.6 Å². The van der Waals surface area contributed by atoms with Crippen molar-refractivity contribution < 1.29 is 4.74 Å². The van der Waals surface area contributed by atoms with Crippen LogP contribution in [0.25, 0.3) is 38.8 Å². The Hall–Kier alpha value is -6.33. The van der Waals surface area contributed by atoms with E-state index in [1.54, 1.807) is 0 Å². The molecule has 1 aliphatic heterocycles. The molecule has 8 aromatic rings. The maximum atomic E-state index is 7.02. The van der Waals surface area contributed by atoms with E-state index in [0.717, 1.165) is 34.0 Å². The van der Waals surface area contributed by atoms with E-state index in [2.05, 4.69) is 202 Å². The average molecular weight is 787 g/mol. The zero-order valence-corrected chi connectivity index (χ0v) is 35.7. The molecule has 0 spiro atoms. The zero-order chi connectivity index (χ0) is 41.2. The minimum Gasteiger partial charge on any atom is -0.457 e. The van der Waals surface area contributed by atoms with Crippen molar-refractivity contribution in [3.05, 3.63) is 168 Å². The van der Waals surface area contributed by atoms with Crippen LogP contribution in [0.3, 0.4) is 0 Å². The van der Waals surface area contributed by atoms with Gasteiger partial charge in [-0.05, 0) is 138 Å². The maximum absolute atomic E-state index is 7.02. The number of para-hydroxylation sites is 4. The van der Waals surface area contributed by atoms with Gasteiger partial charge in [0.1, 0.15) is 24.0 Å². The normalized spacial score (nSPS) is 15.5. The molecule has 5 heteroatoms. The Kier molecular flexibility index (Phi) is 9.31. The Labute approximate surface area is 354 Å². The van der Waals surface area contributed by atoms with Crippen LogP contribution in [0.5, 0.6) is 11.5 Å². The molecule has 6 aromatic carbocycles. The molecule has 0 saturated heterocycles. The van der Waals surface area contributed by atoms with E-state index in [4.69, 9.17) is 9.72 Å². The Morgan fingerprint density at radius 1 is 0.633 bits per heavy atom. The number of fused-ring (bicyclic) bond motifs is 4. The SMILES string of the molecule is Cc1cc(C2CCC(C)(C)CC2)ccc1-c1cc(Oc2cccc(N3CN(c4ccccc4)c4ccccc43)c2)cc2c1c1ccccc1n2-c1cc(C(C)(C)C)ccn1. The molecule has 1 saturated carbocycles. The van der Waals surface area contributed by atoms with Gasteiger partial charge in [-0.15, -0.1) is 0 Å². The van der Waals surface area contributed by atoms with E-state index >= 15 is 0 Å². The van der Waals surface area contributed by atoms with E-state index in [-0.39, 0.29) is 5.41 Å². The van der Waals surface area contributed by atoms with Gasteiger partial charge in [-0.1, -0.05) is 107 Å². The van der Waals surface area contributed by atoms with Gasteiger partial charge in [-0.2, -0.15) is 0 Å². The molecule has 300 valence electrons. The highest BCUT2D eigenvalue weighted by Crippen LogP contribution is 2.47. The van der Waals surface area contributed by atoms with Gasteiger partial charge in [0.2, 0.25) is 0 Å². The highest BCUT2D eigenvalue weighted by molar-refractivity contribution is 6.16. The molecule has 0 N–H and O–H groups in total. The topological polar surface area (TPSA) is 33.5 Å². The fourth-order valence-electron chi connectivity index (χ4n) is 9.69. The average Bonchev–Trinajstić information content (AvgIpc) is 3.80. The van der Waals surface area contributed by atoms with E-state index < -0.39 is 0 Å². The largest absolute Gasteiger partial charge is 0.457 e. The van der Waals surface area contributed by atoms with Crippen LogP contribution in [0.1, 0.15) is 82.9 Å². The smallest absolute Gasteiger partial charge is 0.137 e. The summed E-state index contributed by atoms with van der Waals surface area (Å²) in [7, 11) is 0. The first-order valence-electron chi connectivity index (χ1n) is 21.6. The Morgan fingerprint density at radius 3 is 2.08 bits per heavy atom. The number of ether oxygens (including phenoxy) is 1. The lowest BCUT2D eigenvalue weighted by molar-refractivity contribution is 0.224. The predicted octanol–water partition coefficient (Wildman–Crippen LogP) is 15.2. The van der Waals surface area contributed by atoms with E-state index in [9.17, 15) is 0 Å². The van der Waals surface area contributed by atoms with Crippen LogP contribution in [0, 0.1) is 12.3 Å². The van der Waals surface area contributed by atoms with Gasteiger partial charge in [-0.25, -0.2) is 4.98 Å². The van der Waals surface area contributed by atoms with E-state index in [1.165, 1.54) is 81.3 Å². The Bertz CT molecular complexity index is 2870. The minimum atomic E-state index is -0.0260. The van der Waals surface area contributed by atoms with Gasteiger partial charge in [0.25, 0.3) is 0 Å². The van der Waals surface area contributed by atoms with Gasteiger partial charge in [0.15, 0.2) is 0 Å². The van der Waals surface area contributed by atoms with Gasteiger partial charge in [-0.3, -0.25) is 4.57 Å². The second-order valence-electron chi connectivity index (χ2n) is 18.8. The Balaban J connectivity index is 1.10. The standard InChI is InChI=1S/C55H54N4O/c1-37-31-39(38-25-28-55(5,6)29-26-38)23-24-45(37)47-34-44(35-51-53(47)46-19-10-11-20-48(46)59(51)52-32-40(27-30-56-52)54(2,3)4)60-43-18-14-17-42(33-43)58-36-57(41-15-8-7-9-16-41)49-21-12-13-22-50(49)58/h7-24,27,30-35,38H,25-26,28-29,36H2,1-6H3. The molecule has 0 bridgehead atoms. The van der Waals surface area contributed by atoms with Crippen molar-refractivity contribution in [2.45, 2.75) is 78.6 Å². The van der Waals surface area contributed by atoms with Crippen LogP contribution < -0.4 is 14.5 Å². The molecule has 1 aliphatic carbocycles. The number of hydrogen-bond acceptors (Lipinski definition) is 4. The number of aryl methyl sites for hydroxylation is 1. The maximum Gasteiger partial charge on any atom is 0.137 e. The third-order valence-corrected chi connectivity index (χ3v) is 13.1. The molecule has 1 fully saturated rings. The molecule has 0 amide bonds. The fraction of sp³-hybridized carbons (Fsp3) is 0.255. The lowest BCUT2D eigenvalue weighted by Gasteiger charge is -2.34. The van der Waals surface area contributed by atoms with Crippen molar-refractivity contribution in [2.24, 2.45) is 5.41 Å². The van der Waals surface area contributed by atoms with Crippen molar-refractivity contribution in [3.8, 4) is 28.4 Å². The summed E-state index contributed by atoms with van der Waals surface area (Å²) in [6.45, 7) is 14.6. The number of nitrogens with zero attached hydrogens (tertiary/aromatic N) is 4. The number of anilines is 4. The number of rotatable bonds is 7. The third-order valence-electron chi connectivity index (χ3n) is 13.1. The molecule has 2 aliphatic rings. The van der Waals surface area contributed by atoms with E-state index in [0.29, 0.717) is 18.0 Å². The van der Waals surface area contributed by atoms with Gasteiger partial charge in [0, 0.05) is 40.5 Å². The van der Waals surface area contributed by atoms with Crippen molar-refractivity contribution in [3.63, 3.8) is 0 Å². The second-order valence-corrected chi connectivity index (χ2v) is 18.8.